The third-order valence-corrected chi connectivity index (χ3v) is 2.79. The van der Waals surface area contributed by atoms with Crippen LogP contribution in [0.5, 0.6) is 0 Å². The SMILES string of the molecule is CC(c1ccccc1)n1cc(C#N)c(=O)[nH]c1=O. The van der Waals surface area contributed by atoms with Crippen LogP contribution in [-0.4, -0.2) is 9.55 Å². The van der Waals surface area contributed by atoms with Gasteiger partial charge >= 0.3 is 5.69 Å². The number of rotatable bonds is 2. The number of nitriles is 1. The number of nitrogens with one attached hydrogen (secondary N) is 1. The monoisotopic (exact) mass is 241 g/mol. The van der Waals surface area contributed by atoms with Gasteiger partial charge in [0.05, 0.1) is 6.04 Å². The zero-order valence-electron chi connectivity index (χ0n) is 9.75. The Balaban J connectivity index is 2.56. The fourth-order valence-corrected chi connectivity index (χ4v) is 1.74. The Morgan fingerprint density at radius 1 is 1.28 bits per heavy atom. The molecule has 2 rings (SSSR count). The van der Waals surface area contributed by atoms with Crippen molar-refractivity contribution < 1.29 is 0 Å². The molecule has 5 nitrogen and oxygen atoms in total. The van der Waals surface area contributed by atoms with E-state index in [1.807, 2.05) is 37.3 Å². The highest BCUT2D eigenvalue weighted by Crippen LogP contribution is 2.14. The summed E-state index contributed by atoms with van der Waals surface area (Å²) >= 11 is 0. The molecule has 1 unspecified atom stereocenters. The van der Waals surface area contributed by atoms with E-state index in [9.17, 15) is 9.59 Å². The van der Waals surface area contributed by atoms with E-state index in [4.69, 9.17) is 5.26 Å². The molecule has 0 spiro atoms. The van der Waals surface area contributed by atoms with Crippen molar-refractivity contribution in [2.24, 2.45) is 0 Å². The number of aromatic nitrogens is 2. The number of H-pyrrole nitrogens is 1. The number of nitrogens with zero attached hydrogens (tertiary/aromatic N) is 2. The molecule has 90 valence electrons. The predicted molar refractivity (Wildman–Crippen MR) is 66.3 cm³/mol. The van der Waals surface area contributed by atoms with Crippen molar-refractivity contribution >= 4 is 0 Å². The molecule has 18 heavy (non-hydrogen) atoms. The predicted octanol–water partition coefficient (Wildman–Crippen LogP) is 1.02. The van der Waals surface area contributed by atoms with Crippen LogP contribution in [0.15, 0.2) is 46.1 Å². The van der Waals surface area contributed by atoms with Gasteiger partial charge < -0.3 is 0 Å². The van der Waals surface area contributed by atoms with Gasteiger partial charge in [-0.2, -0.15) is 5.26 Å². The van der Waals surface area contributed by atoms with Gasteiger partial charge in [-0.05, 0) is 12.5 Å². The minimum absolute atomic E-state index is 0.0719. The third kappa shape index (κ3) is 2.09. The van der Waals surface area contributed by atoms with Crippen LogP contribution in [0.25, 0.3) is 0 Å². The Hall–Kier alpha value is -2.61. The quantitative estimate of drug-likeness (QED) is 0.852. The topological polar surface area (TPSA) is 78.7 Å². The Morgan fingerprint density at radius 2 is 1.94 bits per heavy atom. The van der Waals surface area contributed by atoms with Crippen molar-refractivity contribution in [1.82, 2.24) is 9.55 Å². The molecule has 0 bridgehead atoms. The molecule has 0 aliphatic rings. The minimum atomic E-state index is -0.654. The van der Waals surface area contributed by atoms with Crippen LogP contribution in [0.1, 0.15) is 24.1 Å². The molecule has 0 aliphatic carbocycles. The molecule has 0 amide bonds. The van der Waals surface area contributed by atoms with Crippen molar-refractivity contribution in [3.63, 3.8) is 0 Å². The maximum absolute atomic E-state index is 11.7. The molecular weight excluding hydrogens is 230 g/mol. The molecule has 0 fully saturated rings. The highest BCUT2D eigenvalue weighted by Gasteiger charge is 2.11. The van der Waals surface area contributed by atoms with Gasteiger partial charge in [-0.15, -0.1) is 0 Å². The third-order valence-electron chi connectivity index (χ3n) is 2.79. The van der Waals surface area contributed by atoms with E-state index in [0.29, 0.717) is 0 Å². The highest BCUT2D eigenvalue weighted by molar-refractivity contribution is 5.24. The molecule has 0 radical (unpaired) electrons. The lowest BCUT2D eigenvalue weighted by Gasteiger charge is -2.14. The van der Waals surface area contributed by atoms with Crippen molar-refractivity contribution in [1.29, 1.82) is 5.26 Å². The first-order valence-corrected chi connectivity index (χ1v) is 5.44. The first kappa shape index (κ1) is 11.9. The maximum Gasteiger partial charge on any atom is 0.328 e. The Kier molecular flexibility index (Phi) is 3.11. The van der Waals surface area contributed by atoms with Crippen LogP contribution in [0, 0.1) is 11.3 Å². The van der Waals surface area contributed by atoms with Gasteiger partial charge in [-0.1, -0.05) is 30.3 Å². The molecule has 0 saturated carbocycles. The summed E-state index contributed by atoms with van der Waals surface area (Å²) in [5.74, 6) is 0. The second-order valence-electron chi connectivity index (χ2n) is 3.91. The molecule has 0 saturated heterocycles. The zero-order chi connectivity index (χ0) is 13.1. The second-order valence-corrected chi connectivity index (χ2v) is 3.91. The fraction of sp³-hybridized carbons (Fsp3) is 0.154. The van der Waals surface area contributed by atoms with Crippen LogP contribution in [0.4, 0.5) is 0 Å². The van der Waals surface area contributed by atoms with Gasteiger partial charge in [-0.3, -0.25) is 14.3 Å². The minimum Gasteiger partial charge on any atom is -0.292 e. The van der Waals surface area contributed by atoms with Crippen LogP contribution < -0.4 is 11.2 Å². The number of hydrogen-bond acceptors (Lipinski definition) is 3. The average Bonchev–Trinajstić information content (AvgIpc) is 2.39. The van der Waals surface area contributed by atoms with Gasteiger partial charge in [0.2, 0.25) is 0 Å². The highest BCUT2D eigenvalue weighted by atomic mass is 16.2. The van der Waals surface area contributed by atoms with Crippen LogP contribution in [-0.2, 0) is 0 Å². The van der Waals surface area contributed by atoms with Crippen LogP contribution in [0.2, 0.25) is 0 Å². The maximum atomic E-state index is 11.7. The summed E-state index contributed by atoms with van der Waals surface area (Å²) in [4.78, 5) is 25.2. The van der Waals surface area contributed by atoms with Crippen molar-refractivity contribution in [3.05, 3.63) is 68.5 Å². The van der Waals surface area contributed by atoms with E-state index in [2.05, 4.69) is 4.98 Å². The van der Waals surface area contributed by atoms with E-state index >= 15 is 0 Å². The summed E-state index contributed by atoms with van der Waals surface area (Å²) in [6.07, 6.45) is 1.29. The summed E-state index contributed by atoms with van der Waals surface area (Å²) in [6.45, 7) is 1.83. The first-order chi connectivity index (χ1) is 8.63. The Morgan fingerprint density at radius 3 is 2.56 bits per heavy atom. The van der Waals surface area contributed by atoms with Crippen molar-refractivity contribution in [2.45, 2.75) is 13.0 Å². The average molecular weight is 241 g/mol. The van der Waals surface area contributed by atoms with E-state index < -0.39 is 11.2 Å². The number of hydrogen-bond donors (Lipinski definition) is 1. The summed E-state index contributed by atoms with van der Waals surface area (Å²) < 4.78 is 1.34. The Labute approximate surface area is 103 Å². The smallest absolute Gasteiger partial charge is 0.292 e. The van der Waals surface area contributed by atoms with E-state index in [1.54, 1.807) is 6.07 Å². The summed E-state index contributed by atoms with van der Waals surface area (Å²) in [7, 11) is 0. The number of aromatic amines is 1. The number of benzene rings is 1. The van der Waals surface area contributed by atoms with Gasteiger partial charge in [0.1, 0.15) is 11.6 Å². The molecule has 1 heterocycles. The van der Waals surface area contributed by atoms with Gasteiger partial charge in [-0.25, -0.2) is 4.79 Å². The van der Waals surface area contributed by atoms with Crippen LogP contribution in [0.3, 0.4) is 0 Å². The molecule has 5 heteroatoms. The molecule has 2 aromatic rings. The van der Waals surface area contributed by atoms with Gasteiger partial charge in [0.15, 0.2) is 0 Å². The summed E-state index contributed by atoms with van der Waals surface area (Å²) in [5, 5.41) is 8.80. The standard InChI is InChI=1S/C13H11N3O2/c1-9(10-5-3-2-4-6-10)16-8-11(7-14)12(17)15-13(16)18/h2-6,8-9H,1H3,(H,15,17,18). The molecule has 1 aromatic heterocycles. The molecule has 1 aromatic carbocycles. The lowest BCUT2D eigenvalue weighted by atomic mass is 10.1. The van der Waals surface area contributed by atoms with Crippen molar-refractivity contribution in [3.8, 4) is 6.07 Å². The largest absolute Gasteiger partial charge is 0.328 e. The lowest BCUT2D eigenvalue weighted by molar-refractivity contribution is 0.593. The zero-order valence-corrected chi connectivity index (χ0v) is 9.75. The molecular formula is C13H11N3O2. The Bertz CT molecular complexity index is 707. The van der Waals surface area contributed by atoms with Crippen LogP contribution >= 0.6 is 0 Å². The molecule has 1 N–H and O–H groups in total. The van der Waals surface area contributed by atoms with Gasteiger partial charge in [0, 0.05) is 6.20 Å². The molecule has 1 atom stereocenters. The second kappa shape index (κ2) is 4.72. The lowest BCUT2D eigenvalue weighted by Crippen LogP contribution is -2.33. The summed E-state index contributed by atoms with van der Waals surface area (Å²) in [6, 6.07) is 10.9. The first-order valence-electron chi connectivity index (χ1n) is 5.44. The van der Waals surface area contributed by atoms with Gasteiger partial charge in [0.25, 0.3) is 5.56 Å². The van der Waals surface area contributed by atoms with E-state index in [0.717, 1.165) is 5.56 Å². The molecule has 0 aliphatic heterocycles. The normalized spacial score (nSPS) is 11.8. The fourth-order valence-electron chi connectivity index (χ4n) is 1.74. The summed E-state index contributed by atoms with van der Waals surface area (Å²) in [5.41, 5.74) is -0.317. The van der Waals surface area contributed by atoms with E-state index in [-0.39, 0.29) is 11.6 Å². The van der Waals surface area contributed by atoms with Crippen molar-refractivity contribution in [2.75, 3.05) is 0 Å². The van der Waals surface area contributed by atoms with E-state index in [1.165, 1.54) is 10.8 Å².